The van der Waals surface area contributed by atoms with Gasteiger partial charge < -0.3 is 10.6 Å². The van der Waals surface area contributed by atoms with Gasteiger partial charge in [-0.2, -0.15) is 0 Å². The van der Waals surface area contributed by atoms with Crippen molar-refractivity contribution in [1.82, 2.24) is 10.6 Å². The molecule has 1 atom stereocenters. The molecule has 1 aromatic rings. The van der Waals surface area contributed by atoms with Crippen molar-refractivity contribution in [2.24, 2.45) is 0 Å². The number of aryl methyl sites for hydroxylation is 1. The van der Waals surface area contributed by atoms with Gasteiger partial charge in [-0.25, -0.2) is 0 Å². The van der Waals surface area contributed by atoms with Crippen LogP contribution < -0.4 is 10.6 Å². The maximum Gasteiger partial charge on any atom is 0.285 e. The number of benzene rings is 1. The number of hydrogen-bond acceptors (Lipinski definition) is 4. The van der Waals surface area contributed by atoms with Gasteiger partial charge in [0.1, 0.15) is 5.56 Å². The highest BCUT2D eigenvalue weighted by Crippen LogP contribution is 2.23. The quantitative estimate of drug-likeness (QED) is 0.637. The molecular weight excluding hydrogens is 246 g/mol. The minimum atomic E-state index is -0.497. The Morgan fingerprint density at radius 3 is 2.95 bits per heavy atom. The van der Waals surface area contributed by atoms with E-state index in [0.29, 0.717) is 12.1 Å². The van der Waals surface area contributed by atoms with E-state index in [1.807, 2.05) is 0 Å². The molecule has 0 saturated carbocycles. The molecule has 0 unspecified atom stereocenters. The van der Waals surface area contributed by atoms with Gasteiger partial charge in [-0.1, -0.05) is 12.1 Å². The number of nitrogens with zero attached hydrogens (tertiary/aromatic N) is 1. The Labute approximate surface area is 111 Å². The summed E-state index contributed by atoms with van der Waals surface area (Å²) in [5, 5.41) is 17.1. The van der Waals surface area contributed by atoms with Crippen LogP contribution in [0.5, 0.6) is 0 Å². The number of carbonyl (C=O) groups is 1. The molecule has 0 spiro atoms. The van der Waals surface area contributed by atoms with E-state index in [4.69, 9.17) is 0 Å². The molecule has 1 amide bonds. The minimum absolute atomic E-state index is 0.0429. The summed E-state index contributed by atoms with van der Waals surface area (Å²) in [7, 11) is 0. The first-order chi connectivity index (χ1) is 9.09. The lowest BCUT2D eigenvalue weighted by Crippen LogP contribution is -2.45. The Morgan fingerprint density at radius 1 is 1.53 bits per heavy atom. The zero-order valence-corrected chi connectivity index (χ0v) is 10.8. The van der Waals surface area contributed by atoms with Crippen LogP contribution in [0.1, 0.15) is 28.8 Å². The summed E-state index contributed by atoms with van der Waals surface area (Å²) >= 11 is 0. The van der Waals surface area contributed by atoms with E-state index in [-0.39, 0.29) is 23.2 Å². The minimum Gasteiger partial charge on any atom is -0.348 e. The third kappa shape index (κ3) is 3.08. The van der Waals surface area contributed by atoms with Crippen LogP contribution in [0.2, 0.25) is 0 Å². The van der Waals surface area contributed by atoms with Gasteiger partial charge in [-0.3, -0.25) is 14.9 Å². The predicted octanol–water partition coefficient (Wildman–Crippen LogP) is 1.39. The normalized spacial score (nSPS) is 18.9. The van der Waals surface area contributed by atoms with E-state index in [1.165, 1.54) is 6.07 Å². The topological polar surface area (TPSA) is 84.3 Å². The van der Waals surface area contributed by atoms with Crippen molar-refractivity contribution in [1.29, 1.82) is 0 Å². The first kappa shape index (κ1) is 13.5. The molecule has 19 heavy (non-hydrogen) atoms. The van der Waals surface area contributed by atoms with Gasteiger partial charge >= 0.3 is 0 Å². The van der Waals surface area contributed by atoms with Gasteiger partial charge in [-0.05, 0) is 32.4 Å². The smallest absolute Gasteiger partial charge is 0.285 e. The van der Waals surface area contributed by atoms with E-state index >= 15 is 0 Å². The maximum atomic E-state index is 12.1. The van der Waals surface area contributed by atoms with Crippen molar-refractivity contribution in [3.05, 3.63) is 39.4 Å². The maximum absolute atomic E-state index is 12.1. The van der Waals surface area contributed by atoms with Crippen LogP contribution in [0, 0.1) is 17.0 Å². The Bertz CT molecular complexity index is 496. The van der Waals surface area contributed by atoms with Crippen LogP contribution in [-0.4, -0.2) is 30.0 Å². The Morgan fingerprint density at radius 2 is 2.32 bits per heavy atom. The Kier molecular flexibility index (Phi) is 4.11. The number of rotatable bonds is 3. The van der Waals surface area contributed by atoms with Gasteiger partial charge in [0, 0.05) is 18.2 Å². The van der Waals surface area contributed by atoms with Gasteiger partial charge in [0.05, 0.1) is 4.92 Å². The summed E-state index contributed by atoms with van der Waals surface area (Å²) in [5.41, 5.74) is 0.527. The van der Waals surface area contributed by atoms with Crippen LogP contribution in [0.3, 0.4) is 0 Å². The standard InChI is InChI=1S/C13H17N3O3/c1-9-4-2-6-11(12(9)16(18)19)13(17)15-10-5-3-7-14-8-10/h2,4,6,10,14H,3,5,7-8H2,1H3,(H,15,17)/t10-/m1/s1. The second-order valence-corrected chi connectivity index (χ2v) is 4.74. The molecule has 1 saturated heterocycles. The summed E-state index contributed by atoms with van der Waals surface area (Å²) in [5.74, 6) is -0.371. The Hall–Kier alpha value is -1.95. The third-order valence-electron chi connectivity index (χ3n) is 3.30. The summed E-state index contributed by atoms with van der Waals surface area (Å²) in [4.78, 5) is 22.7. The molecule has 1 fully saturated rings. The molecule has 0 aromatic heterocycles. The van der Waals surface area contributed by atoms with Crippen molar-refractivity contribution in [3.8, 4) is 0 Å². The summed E-state index contributed by atoms with van der Waals surface area (Å²) in [6, 6.07) is 4.84. The molecule has 2 rings (SSSR count). The number of carbonyl (C=O) groups excluding carboxylic acids is 1. The molecule has 1 aliphatic rings. The van der Waals surface area contributed by atoms with E-state index in [9.17, 15) is 14.9 Å². The fourth-order valence-corrected chi connectivity index (χ4v) is 2.32. The van der Waals surface area contributed by atoms with Crippen LogP contribution in [0.25, 0.3) is 0 Å². The predicted molar refractivity (Wildman–Crippen MR) is 71.2 cm³/mol. The van der Waals surface area contributed by atoms with E-state index in [1.54, 1.807) is 19.1 Å². The number of piperidine rings is 1. The van der Waals surface area contributed by atoms with Crippen molar-refractivity contribution < 1.29 is 9.72 Å². The van der Waals surface area contributed by atoms with Gasteiger partial charge in [0.25, 0.3) is 11.6 Å². The fourth-order valence-electron chi connectivity index (χ4n) is 2.32. The zero-order chi connectivity index (χ0) is 13.8. The first-order valence-corrected chi connectivity index (χ1v) is 6.35. The van der Waals surface area contributed by atoms with Gasteiger partial charge in [0.15, 0.2) is 0 Å². The van der Waals surface area contributed by atoms with Crippen LogP contribution >= 0.6 is 0 Å². The lowest BCUT2D eigenvalue weighted by Gasteiger charge is -2.23. The molecule has 1 aromatic carbocycles. The number of nitro groups is 1. The van der Waals surface area contributed by atoms with Gasteiger partial charge in [0.2, 0.25) is 0 Å². The highest BCUT2D eigenvalue weighted by molar-refractivity contribution is 5.98. The lowest BCUT2D eigenvalue weighted by atomic mass is 10.0. The molecule has 6 heteroatoms. The molecule has 0 radical (unpaired) electrons. The number of amides is 1. The van der Waals surface area contributed by atoms with E-state index < -0.39 is 4.92 Å². The molecule has 2 N–H and O–H groups in total. The van der Waals surface area contributed by atoms with Crippen molar-refractivity contribution >= 4 is 11.6 Å². The number of nitrogens with one attached hydrogen (secondary N) is 2. The average molecular weight is 263 g/mol. The van der Waals surface area contributed by atoms with E-state index in [0.717, 1.165) is 19.4 Å². The molecule has 1 aliphatic heterocycles. The van der Waals surface area contributed by atoms with Gasteiger partial charge in [-0.15, -0.1) is 0 Å². The van der Waals surface area contributed by atoms with Crippen LogP contribution in [-0.2, 0) is 0 Å². The number of nitro benzene ring substituents is 1. The molecule has 0 bridgehead atoms. The zero-order valence-electron chi connectivity index (χ0n) is 10.8. The highest BCUT2D eigenvalue weighted by atomic mass is 16.6. The first-order valence-electron chi connectivity index (χ1n) is 6.35. The number of hydrogen-bond donors (Lipinski definition) is 2. The largest absolute Gasteiger partial charge is 0.348 e. The second-order valence-electron chi connectivity index (χ2n) is 4.74. The highest BCUT2D eigenvalue weighted by Gasteiger charge is 2.24. The number of para-hydroxylation sites is 1. The monoisotopic (exact) mass is 263 g/mol. The Balaban J connectivity index is 2.18. The van der Waals surface area contributed by atoms with Crippen molar-refractivity contribution in [2.75, 3.05) is 13.1 Å². The molecular formula is C13H17N3O3. The molecule has 102 valence electrons. The SMILES string of the molecule is Cc1cccc(C(=O)N[C@@H]2CCCNC2)c1[N+](=O)[O-]. The summed E-state index contributed by atoms with van der Waals surface area (Å²) < 4.78 is 0. The lowest BCUT2D eigenvalue weighted by molar-refractivity contribution is -0.385. The second kappa shape index (κ2) is 5.79. The van der Waals surface area contributed by atoms with Crippen molar-refractivity contribution in [3.63, 3.8) is 0 Å². The molecule has 6 nitrogen and oxygen atoms in total. The average Bonchev–Trinajstić information content (AvgIpc) is 2.39. The van der Waals surface area contributed by atoms with Crippen LogP contribution in [0.4, 0.5) is 5.69 Å². The van der Waals surface area contributed by atoms with Crippen molar-refractivity contribution in [2.45, 2.75) is 25.8 Å². The molecule has 0 aliphatic carbocycles. The summed E-state index contributed by atoms with van der Waals surface area (Å²) in [6.07, 6.45) is 1.90. The third-order valence-corrected chi connectivity index (χ3v) is 3.30. The molecule has 1 heterocycles. The van der Waals surface area contributed by atoms with Crippen LogP contribution in [0.15, 0.2) is 18.2 Å². The summed E-state index contributed by atoms with van der Waals surface area (Å²) in [6.45, 7) is 3.30. The van der Waals surface area contributed by atoms with E-state index in [2.05, 4.69) is 10.6 Å². The fraction of sp³-hybridized carbons (Fsp3) is 0.462.